The largest absolute Gasteiger partial charge is 0.480 e. The number of carbonyl (C=O) groups is 3. The number of rotatable bonds is 15. The lowest BCUT2D eigenvalue weighted by Gasteiger charge is -2.47. The average molecular weight is 1620 g/mol. The van der Waals surface area contributed by atoms with Gasteiger partial charge in [0.1, 0.15) is 62.1 Å². The van der Waals surface area contributed by atoms with Crippen LogP contribution in [0.15, 0.2) is 133 Å². The van der Waals surface area contributed by atoms with Crippen LogP contribution in [0.1, 0.15) is 69.3 Å². The number of benzene rings is 5. The third kappa shape index (κ3) is 20.0. The number of aryl methyl sites for hydroxylation is 1. The lowest BCUT2D eigenvalue weighted by molar-refractivity contribution is -0.188. The number of methoxy groups -OCH3 is 1. The van der Waals surface area contributed by atoms with Crippen LogP contribution in [0.25, 0.3) is 0 Å². The molecule has 0 spiro atoms. The molecule has 18 aliphatic rings. The van der Waals surface area contributed by atoms with Gasteiger partial charge < -0.3 is 29.0 Å². The van der Waals surface area contributed by atoms with Crippen molar-refractivity contribution in [3.05, 3.63) is 172 Å². The van der Waals surface area contributed by atoms with E-state index < -0.39 is 86.8 Å². The average Bonchev–Trinajstić information content (AvgIpc) is 0.802. The van der Waals surface area contributed by atoms with Gasteiger partial charge in [-0.15, -0.1) is 0 Å². The van der Waals surface area contributed by atoms with Gasteiger partial charge in [0.15, 0.2) is 11.2 Å². The van der Waals surface area contributed by atoms with E-state index in [2.05, 4.69) is 48.2 Å². The van der Waals surface area contributed by atoms with Crippen molar-refractivity contribution < 1.29 is 147 Å². The highest BCUT2D eigenvalue weighted by atomic mass is 31.2. The molecule has 0 atom stereocenters. The lowest BCUT2D eigenvalue weighted by atomic mass is 9.78. The number of esters is 2. The Morgan fingerprint density at radius 1 is 0.421 bits per heavy atom. The van der Waals surface area contributed by atoms with E-state index in [1.807, 2.05) is 111 Å². The molecule has 18 saturated heterocycles. The van der Waals surface area contributed by atoms with Crippen LogP contribution in [0.2, 0.25) is 0 Å². The number of nitrogens with zero attached hydrogens (tertiary/aromatic N) is 1. The van der Waals surface area contributed by atoms with Crippen LogP contribution in [0.4, 0.5) is 0 Å². The molecule has 1 N–H and O–H groups in total. The molecule has 5 aromatic carbocycles. The minimum atomic E-state index is -3.46. The van der Waals surface area contributed by atoms with Crippen molar-refractivity contribution in [2.45, 2.75) is 79.8 Å². The van der Waals surface area contributed by atoms with Crippen molar-refractivity contribution in [1.29, 1.82) is 0 Å². The summed E-state index contributed by atoms with van der Waals surface area (Å²) in [7, 11) is -14.6. The summed E-state index contributed by atoms with van der Waals surface area (Å²) < 4.78 is 187. The number of phosphoric acid groups is 6. The number of carbonyl (C=O) groups excluding carboxylic acids is 3. The first-order chi connectivity index (χ1) is 50.8. The normalized spacial score (nSPS) is 34.9. The Morgan fingerprint density at radius 3 is 1.21 bits per heavy atom. The fourth-order valence-corrected chi connectivity index (χ4v) is 20.0. The Hall–Kier alpha value is -5.15. The van der Waals surface area contributed by atoms with E-state index in [0.29, 0.717) is 33.0 Å². The number of likely N-dealkylation sites (N-methyl/N-ethyl adjacent to an activating group) is 1. The molecule has 584 valence electrons. The standard InChI is InChI=1S/C19H21O5P.C13H13O8P.C12H15O5P.C11H13O5P.C6H10NO5P.C6H12NO4P/c1-18(2,15-7-4-3-5-8-15)16-9-6-10-17(11-16)24-19-12-21-25(20,22-13-19)23-14-19;1-17-11(14)9-3-2-4-10(5-9)12(15)21-13-6-18-22(16,19-7-13)20-8-13;1-10-3-2-4-11(5-10)6-14-12-7-15-18(13,16-8-12)17-9-12;12-17-14-7-11(8-15-17,9-16-17)13-6-10-4-2-1-3-5-10;1-5(8)7-6-2-10-13(9,11-3-6)12-4-6;1-7(2)6-3-9-12(8,10-4-6)11-5-6/h3-11H,12-14H2,1-2H3;2-5H,6-8H2,1H3;2-5H,6-9H2,1H3;1-5H,6-9H2;2-4H2,1H3,(H,7,8);3-5H2,1-2H3. The maximum Gasteiger partial charge on any atom is 0.475 e. The SMILES string of the molecule is CC(=O)NC12COP(=O)(OC1)OC2.CC(C)(c1ccccc1)c1cccc(OC23COP(=O)(OC2)OC3)c1.CN(C)C12COP(=O)(OC1)OC2.COC(=O)c1cccc(C(=O)OC23COP(=O)(OC2)OC3)c1.Cc1cccc(COC23COP(=O)(OC2)OC3)c1.O=P12OCC(OCc3ccccc3)(CO1)CO2. The summed E-state index contributed by atoms with van der Waals surface area (Å²) >= 11 is 0. The monoisotopic (exact) mass is 1610 g/mol. The second-order valence-electron chi connectivity index (χ2n) is 27.6. The molecule has 40 heteroatoms. The molecule has 0 unspecified atom stereocenters. The van der Waals surface area contributed by atoms with Crippen LogP contribution in [0.5, 0.6) is 5.75 Å². The summed E-state index contributed by atoms with van der Waals surface area (Å²) in [5.74, 6) is -0.690. The zero-order chi connectivity index (χ0) is 76.1. The Labute approximate surface area is 617 Å². The molecular formula is C67H84N2O32P6. The second-order valence-corrected chi connectivity index (χ2v) is 37.6. The summed E-state index contributed by atoms with van der Waals surface area (Å²) in [5, 5.41) is 2.66. The summed E-state index contributed by atoms with van der Waals surface area (Å²) in [6, 6.07) is 42.2. The first-order valence-electron chi connectivity index (χ1n) is 33.6. The second kappa shape index (κ2) is 32.9. The molecule has 0 aromatic heterocycles. The van der Waals surface area contributed by atoms with Crippen molar-refractivity contribution in [2.75, 3.05) is 140 Å². The first-order valence-corrected chi connectivity index (χ1v) is 42.3. The maximum atomic E-state index is 12.2. The van der Waals surface area contributed by atoms with E-state index in [-0.39, 0.29) is 127 Å². The van der Waals surface area contributed by atoms with Gasteiger partial charge in [-0.2, -0.15) is 0 Å². The first kappa shape index (κ1) is 81.3. The van der Waals surface area contributed by atoms with E-state index in [1.54, 1.807) is 6.07 Å². The number of amides is 1. The third-order valence-electron chi connectivity index (χ3n) is 18.4. The Bertz CT molecular complexity index is 4130. The summed E-state index contributed by atoms with van der Waals surface area (Å²) in [6.45, 7) is 12.6. The highest BCUT2D eigenvalue weighted by Gasteiger charge is 2.57. The Kier molecular flexibility index (Phi) is 25.0. The number of phosphoric ester groups is 6. The molecule has 12 bridgehead atoms. The van der Waals surface area contributed by atoms with E-state index in [0.717, 1.165) is 22.4 Å². The highest BCUT2D eigenvalue weighted by Crippen LogP contribution is 2.63. The summed E-state index contributed by atoms with van der Waals surface area (Å²) in [6.07, 6.45) is 0. The quantitative estimate of drug-likeness (QED) is 0.0751. The van der Waals surface area contributed by atoms with Crippen molar-refractivity contribution in [3.8, 4) is 5.75 Å². The number of fused-ring (bicyclic) bond motifs is 18. The van der Waals surface area contributed by atoms with Crippen molar-refractivity contribution in [3.63, 3.8) is 0 Å². The topological polar surface area (TPSA) is 381 Å². The van der Waals surface area contributed by atoms with E-state index in [1.165, 1.54) is 43.4 Å². The van der Waals surface area contributed by atoms with E-state index >= 15 is 0 Å². The Balaban J connectivity index is 0.000000122. The summed E-state index contributed by atoms with van der Waals surface area (Å²) in [5.41, 5.74) is 1.94. The molecule has 0 aliphatic carbocycles. The molecule has 18 aliphatic heterocycles. The van der Waals surface area contributed by atoms with Gasteiger partial charge in [-0.05, 0) is 73.6 Å². The molecule has 1 amide bonds. The van der Waals surface area contributed by atoms with Crippen LogP contribution in [0.3, 0.4) is 0 Å². The van der Waals surface area contributed by atoms with E-state index in [9.17, 15) is 41.8 Å². The van der Waals surface area contributed by atoms with Gasteiger partial charge >= 0.3 is 58.9 Å². The number of hydrogen-bond donors (Lipinski definition) is 1. The molecule has 18 heterocycles. The van der Waals surface area contributed by atoms with Crippen LogP contribution >= 0.6 is 46.9 Å². The predicted octanol–water partition coefficient (Wildman–Crippen LogP) is 11.0. The number of ether oxygens (including phenoxy) is 5. The van der Waals surface area contributed by atoms with Crippen LogP contribution < -0.4 is 10.1 Å². The fourth-order valence-electron chi connectivity index (χ4n) is 11.5. The van der Waals surface area contributed by atoms with Crippen LogP contribution in [0, 0.1) is 6.92 Å². The van der Waals surface area contributed by atoms with Crippen molar-refractivity contribution >= 4 is 64.8 Å². The van der Waals surface area contributed by atoms with Gasteiger partial charge in [-0.1, -0.05) is 123 Å². The van der Waals surface area contributed by atoms with Gasteiger partial charge in [-0.25, -0.2) is 37.0 Å². The zero-order valence-electron chi connectivity index (χ0n) is 59.5. The number of nitrogens with one attached hydrogen (secondary N) is 1. The molecule has 5 aromatic rings. The third-order valence-corrected chi connectivity index (χ3v) is 26.4. The highest BCUT2D eigenvalue weighted by molar-refractivity contribution is 7.50. The summed E-state index contributed by atoms with van der Waals surface area (Å²) in [4.78, 5) is 36.5. The van der Waals surface area contributed by atoms with Crippen LogP contribution in [-0.2, 0) is 151 Å². The van der Waals surface area contributed by atoms with Crippen molar-refractivity contribution in [1.82, 2.24) is 10.2 Å². The minimum absolute atomic E-state index is 0.0628. The molecule has 107 heavy (non-hydrogen) atoms. The molecule has 0 radical (unpaired) electrons. The van der Waals surface area contributed by atoms with Gasteiger partial charge in [0.05, 0.1) is 116 Å². The molecule has 0 saturated carbocycles. The fraction of sp³-hybridized carbons (Fsp3) is 0.507. The molecular weight excluding hydrogens is 1530 g/mol. The van der Waals surface area contributed by atoms with Crippen LogP contribution in [-0.4, -0.2) is 196 Å². The van der Waals surface area contributed by atoms with Crippen molar-refractivity contribution in [2.24, 2.45) is 0 Å². The molecule has 34 nitrogen and oxygen atoms in total. The minimum Gasteiger partial charge on any atom is -0.480 e. The zero-order valence-corrected chi connectivity index (χ0v) is 64.9. The predicted molar refractivity (Wildman–Crippen MR) is 373 cm³/mol. The molecule has 18 fully saturated rings. The smallest absolute Gasteiger partial charge is 0.475 e. The van der Waals surface area contributed by atoms with Gasteiger partial charge in [0.25, 0.3) is 0 Å². The van der Waals surface area contributed by atoms with Gasteiger partial charge in [0.2, 0.25) is 5.91 Å². The van der Waals surface area contributed by atoms with Gasteiger partial charge in [0, 0.05) is 12.3 Å². The number of hydrogen-bond acceptors (Lipinski definition) is 33. The lowest BCUT2D eigenvalue weighted by Crippen LogP contribution is -2.61. The Morgan fingerprint density at radius 2 is 0.785 bits per heavy atom. The van der Waals surface area contributed by atoms with Gasteiger partial charge in [-0.3, -0.25) is 91.1 Å². The van der Waals surface area contributed by atoms with E-state index in [4.69, 9.17) is 100 Å². The maximum absolute atomic E-state index is 12.2. The molecule has 23 rings (SSSR count).